The molecular weight excluding hydrogens is 332 g/mol. The fraction of sp³-hybridized carbons (Fsp3) is 0.200. The number of rotatable bonds is 6. The average Bonchev–Trinajstić information content (AvgIpc) is 2.89. The van der Waals surface area contributed by atoms with Crippen molar-refractivity contribution in [2.75, 3.05) is 13.7 Å². The summed E-state index contributed by atoms with van der Waals surface area (Å²) in [5, 5.41) is 2.54. The lowest BCUT2D eigenvalue weighted by molar-refractivity contribution is -0.121. The Morgan fingerprint density at radius 3 is 2.46 bits per heavy atom. The fourth-order valence-corrected chi connectivity index (χ4v) is 2.53. The Labute approximate surface area is 152 Å². The molecule has 0 aliphatic carbocycles. The highest BCUT2D eigenvalue weighted by atomic mass is 16.5. The van der Waals surface area contributed by atoms with Crippen LogP contribution in [0.2, 0.25) is 0 Å². The number of amides is 3. The molecule has 2 aromatic rings. The Morgan fingerprint density at radius 1 is 1.04 bits per heavy atom. The lowest BCUT2D eigenvalue weighted by Crippen LogP contribution is -2.25. The first-order valence-electron chi connectivity index (χ1n) is 8.33. The molecule has 6 nitrogen and oxygen atoms in total. The Hall–Kier alpha value is -3.28. The van der Waals surface area contributed by atoms with Crippen molar-refractivity contribution < 1.29 is 19.1 Å². The molecule has 1 fully saturated rings. The fourth-order valence-electron chi connectivity index (χ4n) is 2.53. The van der Waals surface area contributed by atoms with E-state index in [9.17, 15) is 9.59 Å². The first-order chi connectivity index (χ1) is 12.6. The summed E-state index contributed by atoms with van der Waals surface area (Å²) in [4.78, 5) is 24.5. The van der Waals surface area contributed by atoms with Gasteiger partial charge in [0.1, 0.15) is 12.3 Å². The molecule has 6 heteroatoms. The van der Waals surface area contributed by atoms with Gasteiger partial charge in [-0.15, -0.1) is 0 Å². The van der Waals surface area contributed by atoms with Gasteiger partial charge in [0.05, 0.1) is 6.61 Å². The van der Waals surface area contributed by atoms with Crippen LogP contribution < -0.4 is 14.8 Å². The van der Waals surface area contributed by atoms with Crippen molar-refractivity contribution in [2.45, 2.75) is 13.5 Å². The number of hydrogen-bond acceptors (Lipinski definition) is 4. The Balaban J connectivity index is 1.80. The van der Waals surface area contributed by atoms with Crippen molar-refractivity contribution in [3.8, 4) is 11.5 Å². The molecule has 0 bridgehead atoms. The van der Waals surface area contributed by atoms with Crippen molar-refractivity contribution in [1.29, 1.82) is 0 Å². The molecule has 3 rings (SSSR count). The number of nitrogens with zero attached hydrogens (tertiary/aromatic N) is 1. The van der Waals surface area contributed by atoms with Crippen LogP contribution in [0, 0.1) is 0 Å². The van der Waals surface area contributed by atoms with E-state index < -0.39 is 6.03 Å². The highest BCUT2D eigenvalue weighted by molar-refractivity contribution is 6.13. The van der Waals surface area contributed by atoms with Crippen molar-refractivity contribution in [2.24, 2.45) is 0 Å². The summed E-state index contributed by atoms with van der Waals surface area (Å²) in [6.45, 7) is 2.81. The summed E-state index contributed by atoms with van der Waals surface area (Å²) in [7, 11) is 1.44. The zero-order valence-electron chi connectivity index (χ0n) is 14.7. The van der Waals surface area contributed by atoms with E-state index in [4.69, 9.17) is 9.47 Å². The summed E-state index contributed by atoms with van der Waals surface area (Å²) in [6.07, 6.45) is 1.62. The van der Waals surface area contributed by atoms with E-state index in [1.54, 1.807) is 18.2 Å². The summed E-state index contributed by atoms with van der Waals surface area (Å²) in [5.74, 6) is 0.844. The van der Waals surface area contributed by atoms with E-state index in [2.05, 4.69) is 5.32 Å². The first-order valence-corrected chi connectivity index (χ1v) is 8.33. The maximum Gasteiger partial charge on any atom is 0.328 e. The lowest BCUT2D eigenvalue weighted by atomic mass is 10.1. The molecule has 0 radical (unpaired) electrons. The van der Waals surface area contributed by atoms with Crippen LogP contribution in [-0.4, -0.2) is 30.5 Å². The van der Waals surface area contributed by atoms with Gasteiger partial charge >= 0.3 is 6.03 Å². The molecule has 134 valence electrons. The number of carbonyl (C=O) groups excluding carboxylic acids is 2. The average molecular weight is 352 g/mol. The molecule has 26 heavy (non-hydrogen) atoms. The second-order valence-electron chi connectivity index (χ2n) is 5.77. The van der Waals surface area contributed by atoms with Crippen LogP contribution in [0.15, 0.2) is 54.2 Å². The molecule has 1 heterocycles. The van der Waals surface area contributed by atoms with Gasteiger partial charge in [0.2, 0.25) is 0 Å². The SMILES string of the molecule is CCOc1cc(/C=C2/NC(=O)N(C)C2=O)ccc1OCc1ccccc1. The monoisotopic (exact) mass is 352 g/mol. The van der Waals surface area contributed by atoms with Crippen LogP contribution in [-0.2, 0) is 11.4 Å². The number of carbonyl (C=O) groups is 2. The van der Waals surface area contributed by atoms with Gasteiger partial charge < -0.3 is 14.8 Å². The molecule has 1 saturated heterocycles. The minimum absolute atomic E-state index is 0.234. The standard InChI is InChI=1S/C20H20N2O4/c1-3-25-18-12-15(11-16-19(23)22(2)20(24)21-16)9-10-17(18)26-13-14-7-5-4-6-8-14/h4-12H,3,13H2,1-2H3,(H,21,24)/b16-11+. The van der Waals surface area contributed by atoms with Crippen LogP contribution in [0.25, 0.3) is 6.08 Å². The molecule has 0 unspecified atom stereocenters. The minimum Gasteiger partial charge on any atom is -0.490 e. The second-order valence-corrected chi connectivity index (χ2v) is 5.77. The molecule has 3 amide bonds. The number of benzene rings is 2. The van der Waals surface area contributed by atoms with Gasteiger partial charge in [0.25, 0.3) is 5.91 Å². The molecule has 0 aromatic heterocycles. The van der Waals surface area contributed by atoms with Crippen LogP contribution in [0.1, 0.15) is 18.1 Å². The third kappa shape index (κ3) is 3.85. The summed E-state index contributed by atoms with van der Waals surface area (Å²) >= 11 is 0. The van der Waals surface area contributed by atoms with Crippen LogP contribution >= 0.6 is 0 Å². The number of urea groups is 1. The van der Waals surface area contributed by atoms with Crippen molar-refractivity contribution in [1.82, 2.24) is 10.2 Å². The predicted octanol–water partition coefficient (Wildman–Crippen LogP) is 3.19. The number of likely N-dealkylation sites (N-methyl/N-ethyl adjacent to an activating group) is 1. The van der Waals surface area contributed by atoms with Gasteiger partial charge in [-0.3, -0.25) is 9.69 Å². The highest BCUT2D eigenvalue weighted by Gasteiger charge is 2.29. The van der Waals surface area contributed by atoms with Gasteiger partial charge in [0.15, 0.2) is 11.5 Å². The summed E-state index contributed by atoms with van der Waals surface area (Å²) < 4.78 is 11.5. The zero-order valence-corrected chi connectivity index (χ0v) is 14.7. The molecule has 2 aromatic carbocycles. The minimum atomic E-state index is -0.436. The lowest BCUT2D eigenvalue weighted by Gasteiger charge is -2.13. The van der Waals surface area contributed by atoms with Crippen molar-refractivity contribution >= 4 is 18.0 Å². The van der Waals surface area contributed by atoms with Crippen LogP contribution in [0.5, 0.6) is 11.5 Å². The van der Waals surface area contributed by atoms with Gasteiger partial charge in [0, 0.05) is 7.05 Å². The highest BCUT2D eigenvalue weighted by Crippen LogP contribution is 2.30. The van der Waals surface area contributed by atoms with E-state index in [-0.39, 0.29) is 11.6 Å². The quantitative estimate of drug-likeness (QED) is 0.640. The smallest absolute Gasteiger partial charge is 0.328 e. The van der Waals surface area contributed by atoms with Gasteiger partial charge in [-0.25, -0.2) is 4.79 Å². The molecule has 1 N–H and O–H groups in total. The van der Waals surface area contributed by atoms with Crippen molar-refractivity contribution in [3.05, 3.63) is 65.4 Å². The van der Waals surface area contributed by atoms with Crippen LogP contribution in [0.4, 0.5) is 4.79 Å². The molecular formula is C20H20N2O4. The molecule has 0 spiro atoms. The number of ether oxygens (including phenoxy) is 2. The van der Waals surface area contributed by atoms with Gasteiger partial charge in [-0.05, 0) is 36.3 Å². The summed E-state index contributed by atoms with van der Waals surface area (Å²) in [5.41, 5.74) is 2.03. The topological polar surface area (TPSA) is 67.9 Å². The maximum absolute atomic E-state index is 12.0. The molecule has 0 atom stereocenters. The van der Waals surface area contributed by atoms with Gasteiger partial charge in [-0.2, -0.15) is 0 Å². The second kappa shape index (κ2) is 7.74. The number of nitrogens with one attached hydrogen (secondary N) is 1. The van der Waals surface area contributed by atoms with E-state index in [1.165, 1.54) is 7.05 Å². The number of imide groups is 1. The van der Waals surface area contributed by atoms with E-state index >= 15 is 0 Å². The third-order valence-electron chi connectivity index (χ3n) is 3.90. The normalized spacial score (nSPS) is 15.3. The largest absolute Gasteiger partial charge is 0.490 e. The molecule has 1 aliphatic heterocycles. The van der Waals surface area contributed by atoms with Crippen molar-refractivity contribution in [3.63, 3.8) is 0 Å². The predicted molar refractivity (Wildman–Crippen MR) is 97.7 cm³/mol. The Bertz CT molecular complexity index is 846. The van der Waals surface area contributed by atoms with E-state index in [0.717, 1.165) is 16.0 Å². The molecule has 0 saturated carbocycles. The first kappa shape index (κ1) is 17.5. The Kier molecular flexibility index (Phi) is 5.22. The number of hydrogen-bond donors (Lipinski definition) is 1. The maximum atomic E-state index is 12.0. The van der Waals surface area contributed by atoms with E-state index in [0.29, 0.717) is 24.7 Å². The van der Waals surface area contributed by atoms with Gasteiger partial charge in [-0.1, -0.05) is 36.4 Å². The molecule has 1 aliphatic rings. The summed E-state index contributed by atoms with van der Waals surface area (Å²) in [6, 6.07) is 14.8. The Morgan fingerprint density at radius 2 is 1.81 bits per heavy atom. The van der Waals surface area contributed by atoms with E-state index in [1.807, 2.05) is 43.3 Å². The zero-order chi connectivity index (χ0) is 18.5. The van der Waals surface area contributed by atoms with Crippen LogP contribution in [0.3, 0.4) is 0 Å². The third-order valence-corrected chi connectivity index (χ3v) is 3.90.